The van der Waals surface area contributed by atoms with Gasteiger partial charge in [0.15, 0.2) is 0 Å². The standard InChI is InChI=1S/C41H37O5P/c1-26-23-24-32(42)37(25-26)47-41-28(27-13-7-6-8-14-27)15-9-18-31(41)38-29(39-33(43-2)19-11-20-34(39)44-3)16-10-17-30(38)40-35(45-4)21-12-22-36(40)46-5/h6-25,42,47H,1-5H3. The van der Waals surface area contributed by atoms with Crippen molar-refractivity contribution in [2.75, 3.05) is 28.4 Å². The van der Waals surface area contributed by atoms with Crippen LogP contribution in [0.15, 0.2) is 121 Å². The van der Waals surface area contributed by atoms with E-state index < -0.39 is 0 Å². The Hall–Kier alpha value is -5.25. The highest BCUT2D eigenvalue weighted by molar-refractivity contribution is 7.56. The largest absolute Gasteiger partial charge is 0.507 e. The minimum atomic E-state index is 0.144. The van der Waals surface area contributed by atoms with Gasteiger partial charge in [-0.05, 0) is 82.0 Å². The second kappa shape index (κ2) is 14.0. The van der Waals surface area contributed by atoms with E-state index in [2.05, 4.69) is 60.7 Å². The number of hydrogen-bond acceptors (Lipinski definition) is 5. The van der Waals surface area contributed by atoms with Crippen molar-refractivity contribution < 1.29 is 24.1 Å². The molecule has 47 heavy (non-hydrogen) atoms. The summed E-state index contributed by atoms with van der Waals surface area (Å²) in [7, 11) is 6.84. The van der Waals surface area contributed by atoms with Gasteiger partial charge in [-0.2, -0.15) is 0 Å². The summed E-state index contributed by atoms with van der Waals surface area (Å²) in [4.78, 5) is 0. The lowest BCUT2D eigenvalue weighted by Crippen LogP contribution is -2.12. The number of phenols is 1. The summed E-state index contributed by atoms with van der Waals surface area (Å²) >= 11 is 0. The number of aromatic hydroxyl groups is 1. The Morgan fingerprint density at radius 1 is 0.468 bits per heavy atom. The molecular weight excluding hydrogens is 603 g/mol. The lowest BCUT2D eigenvalue weighted by molar-refractivity contribution is 0.397. The van der Waals surface area contributed by atoms with Crippen LogP contribution in [0.1, 0.15) is 5.56 Å². The molecule has 236 valence electrons. The van der Waals surface area contributed by atoms with Gasteiger partial charge >= 0.3 is 0 Å². The van der Waals surface area contributed by atoms with Gasteiger partial charge in [-0.3, -0.25) is 0 Å². The molecular formula is C41H37O5P. The molecule has 6 heteroatoms. The average molecular weight is 641 g/mol. The molecule has 0 radical (unpaired) electrons. The van der Waals surface area contributed by atoms with Crippen LogP contribution in [0.25, 0.3) is 44.5 Å². The Kier molecular flexibility index (Phi) is 9.47. The third-order valence-electron chi connectivity index (χ3n) is 8.29. The number of hydrogen-bond donors (Lipinski definition) is 1. The Balaban J connectivity index is 1.78. The summed E-state index contributed by atoms with van der Waals surface area (Å²) in [5.74, 6) is 3.03. The van der Waals surface area contributed by atoms with E-state index in [0.29, 0.717) is 23.0 Å². The monoisotopic (exact) mass is 640 g/mol. The highest BCUT2D eigenvalue weighted by atomic mass is 31.1. The van der Waals surface area contributed by atoms with E-state index in [1.807, 2.05) is 61.5 Å². The van der Waals surface area contributed by atoms with Crippen molar-refractivity contribution in [1.29, 1.82) is 0 Å². The van der Waals surface area contributed by atoms with E-state index in [-0.39, 0.29) is 14.3 Å². The first kappa shape index (κ1) is 31.7. The summed E-state index contributed by atoms with van der Waals surface area (Å²) in [5, 5.41) is 13.1. The first-order valence-electron chi connectivity index (χ1n) is 15.3. The zero-order valence-electron chi connectivity index (χ0n) is 27.1. The number of phenolic OH excluding ortho intramolecular Hbond substituents is 1. The first-order valence-corrected chi connectivity index (χ1v) is 16.3. The van der Waals surface area contributed by atoms with Crippen molar-refractivity contribution in [1.82, 2.24) is 0 Å². The molecule has 6 aromatic rings. The molecule has 0 spiro atoms. The summed E-state index contributed by atoms with van der Waals surface area (Å²) in [5.41, 5.74) is 8.76. The van der Waals surface area contributed by atoms with Gasteiger partial charge < -0.3 is 24.1 Å². The molecule has 6 aromatic carbocycles. The van der Waals surface area contributed by atoms with Gasteiger partial charge in [-0.25, -0.2) is 0 Å². The molecule has 0 heterocycles. The second-order valence-electron chi connectivity index (χ2n) is 11.0. The fourth-order valence-electron chi connectivity index (χ4n) is 6.13. The van der Waals surface area contributed by atoms with Crippen molar-refractivity contribution >= 4 is 19.2 Å². The normalized spacial score (nSPS) is 11.1. The molecule has 0 amide bonds. The van der Waals surface area contributed by atoms with Crippen molar-refractivity contribution in [2.24, 2.45) is 0 Å². The highest BCUT2D eigenvalue weighted by Crippen LogP contribution is 2.50. The van der Waals surface area contributed by atoms with Gasteiger partial charge in [0.25, 0.3) is 0 Å². The first-order chi connectivity index (χ1) is 23.0. The van der Waals surface area contributed by atoms with E-state index in [1.54, 1.807) is 34.5 Å². The third kappa shape index (κ3) is 6.15. The number of ether oxygens (including phenoxy) is 4. The summed E-state index contributed by atoms with van der Waals surface area (Å²) in [6, 6.07) is 40.5. The number of aryl methyl sites for hydroxylation is 1. The molecule has 0 bridgehead atoms. The Morgan fingerprint density at radius 2 is 0.936 bits per heavy atom. The number of benzene rings is 6. The second-order valence-corrected chi connectivity index (χ2v) is 12.3. The molecule has 1 unspecified atom stereocenters. The van der Waals surface area contributed by atoms with E-state index in [1.165, 1.54) is 0 Å². The molecule has 0 aromatic heterocycles. The third-order valence-corrected chi connectivity index (χ3v) is 9.75. The molecule has 0 saturated carbocycles. The van der Waals surface area contributed by atoms with Crippen molar-refractivity contribution in [2.45, 2.75) is 6.92 Å². The molecule has 0 fully saturated rings. The van der Waals surface area contributed by atoms with Crippen LogP contribution in [0.3, 0.4) is 0 Å². The molecule has 1 atom stereocenters. The summed E-state index contributed by atoms with van der Waals surface area (Å²) < 4.78 is 23.8. The minimum absolute atomic E-state index is 0.144. The van der Waals surface area contributed by atoms with Crippen LogP contribution in [0.4, 0.5) is 0 Å². The Labute approximate surface area is 278 Å². The van der Waals surface area contributed by atoms with Crippen LogP contribution in [-0.4, -0.2) is 33.5 Å². The summed E-state index contributed by atoms with van der Waals surface area (Å²) in [6.45, 7) is 2.05. The predicted molar refractivity (Wildman–Crippen MR) is 195 cm³/mol. The quantitative estimate of drug-likeness (QED) is 0.152. The predicted octanol–water partition coefficient (Wildman–Crippen LogP) is 9.03. The highest BCUT2D eigenvalue weighted by Gasteiger charge is 2.26. The van der Waals surface area contributed by atoms with Crippen molar-refractivity contribution in [3.05, 3.63) is 127 Å². The van der Waals surface area contributed by atoms with Crippen LogP contribution >= 0.6 is 8.58 Å². The van der Waals surface area contributed by atoms with E-state index in [0.717, 1.165) is 60.7 Å². The van der Waals surface area contributed by atoms with E-state index >= 15 is 0 Å². The fourth-order valence-corrected chi connectivity index (χ4v) is 7.62. The van der Waals surface area contributed by atoms with E-state index in [4.69, 9.17) is 18.9 Å². The van der Waals surface area contributed by atoms with Gasteiger partial charge in [0.05, 0.1) is 39.6 Å². The molecule has 6 rings (SSSR count). The van der Waals surface area contributed by atoms with Gasteiger partial charge in [0.2, 0.25) is 0 Å². The summed E-state index contributed by atoms with van der Waals surface area (Å²) in [6.07, 6.45) is 0. The zero-order valence-corrected chi connectivity index (χ0v) is 28.1. The SMILES string of the molecule is COc1cccc(OC)c1-c1cccc(-c2c(OC)cccc2OC)c1-c1cccc(-c2ccccc2)c1Pc1cc(C)ccc1O. The molecule has 1 N–H and O–H groups in total. The van der Waals surface area contributed by atoms with Crippen LogP contribution in [-0.2, 0) is 0 Å². The Morgan fingerprint density at radius 3 is 1.45 bits per heavy atom. The van der Waals surface area contributed by atoms with Gasteiger partial charge in [-0.1, -0.05) is 99.1 Å². The minimum Gasteiger partial charge on any atom is -0.507 e. The molecule has 0 aliphatic rings. The molecule has 0 aliphatic carbocycles. The number of methoxy groups -OCH3 is 4. The van der Waals surface area contributed by atoms with E-state index in [9.17, 15) is 5.11 Å². The lowest BCUT2D eigenvalue weighted by Gasteiger charge is -2.24. The van der Waals surface area contributed by atoms with Crippen LogP contribution in [0.5, 0.6) is 28.7 Å². The lowest BCUT2D eigenvalue weighted by atomic mass is 9.85. The van der Waals surface area contributed by atoms with Gasteiger partial charge in [0.1, 0.15) is 28.7 Å². The van der Waals surface area contributed by atoms with Gasteiger partial charge in [0, 0.05) is 5.30 Å². The number of rotatable bonds is 10. The maximum atomic E-state index is 11.1. The molecule has 0 saturated heterocycles. The zero-order chi connectivity index (χ0) is 32.9. The average Bonchev–Trinajstić information content (AvgIpc) is 3.12. The maximum Gasteiger partial charge on any atom is 0.130 e. The topological polar surface area (TPSA) is 57.2 Å². The fraction of sp³-hybridized carbons (Fsp3) is 0.122. The molecule has 0 aliphatic heterocycles. The van der Waals surface area contributed by atoms with Crippen LogP contribution in [0.2, 0.25) is 0 Å². The molecule has 5 nitrogen and oxygen atoms in total. The van der Waals surface area contributed by atoms with Crippen molar-refractivity contribution in [3.63, 3.8) is 0 Å². The van der Waals surface area contributed by atoms with Crippen LogP contribution < -0.4 is 29.6 Å². The van der Waals surface area contributed by atoms with Crippen LogP contribution in [0, 0.1) is 6.92 Å². The van der Waals surface area contributed by atoms with Crippen molar-refractivity contribution in [3.8, 4) is 73.3 Å². The van der Waals surface area contributed by atoms with Gasteiger partial charge in [-0.15, -0.1) is 0 Å². The smallest absolute Gasteiger partial charge is 0.130 e. The Bertz CT molecular complexity index is 1920. The maximum absolute atomic E-state index is 11.1.